The molecule has 0 spiro atoms. The highest BCUT2D eigenvalue weighted by molar-refractivity contribution is 5.40. The van der Waals surface area contributed by atoms with Gasteiger partial charge in [0.25, 0.3) is 0 Å². The van der Waals surface area contributed by atoms with E-state index < -0.39 is 5.60 Å². The molecule has 3 rings (SSSR count). The fraction of sp³-hybridized carbons (Fsp3) is 0.438. The van der Waals surface area contributed by atoms with Crippen LogP contribution in [0.2, 0.25) is 0 Å². The first kappa shape index (κ1) is 13.3. The number of hydrogen-bond acceptors (Lipinski definition) is 3. The molecule has 0 radical (unpaired) electrons. The third-order valence-corrected chi connectivity index (χ3v) is 4.05. The first-order valence-corrected chi connectivity index (χ1v) is 7.28. The van der Waals surface area contributed by atoms with Crippen molar-refractivity contribution in [3.63, 3.8) is 0 Å². The van der Waals surface area contributed by atoms with E-state index in [0.717, 1.165) is 37.9 Å². The molecule has 106 valence electrons. The second-order valence-electron chi connectivity index (χ2n) is 5.61. The summed E-state index contributed by atoms with van der Waals surface area (Å²) in [4.78, 5) is 0. The second-order valence-corrected chi connectivity index (χ2v) is 5.61. The summed E-state index contributed by atoms with van der Waals surface area (Å²) in [5, 5.41) is 18.0. The monoisotopic (exact) mass is 271 g/mol. The van der Waals surface area contributed by atoms with Crippen molar-refractivity contribution in [3.8, 4) is 5.69 Å². The van der Waals surface area contributed by atoms with Crippen molar-refractivity contribution in [2.45, 2.75) is 37.8 Å². The molecule has 1 aliphatic rings. The molecule has 0 aliphatic heterocycles. The summed E-state index contributed by atoms with van der Waals surface area (Å²) >= 11 is 0. The van der Waals surface area contributed by atoms with Gasteiger partial charge in [0, 0.05) is 25.5 Å². The third-order valence-electron chi connectivity index (χ3n) is 4.05. The molecule has 1 saturated carbocycles. The van der Waals surface area contributed by atoms with Crippen molar-refractivity contribution in [1.29, 1.82) is 0 Å². The molecule has 1 aromatic carbocycles. The van der Waals surface area contributed by atoms with Crippen LogP contribution < -0.4 is 5.32 Å². The van der Waals surface area contributed by atoms with Gasteiger partial charge in [0.05, 0.1) is 11.3 Å². The molecule has 0 saturated heterocycles. The molecular formula is C16H21N3O. The molecule has 1 heterocycles. The second kappa shape index (κ2) is 5.77. The first-order valence-electron chi connectivity index (χ1n) is 7.28. The van der Waals surface area contributed by atoms with Gasteiger partial charge >= 0.3 is 0 Å². The lowest BCUT2D eigenvalue weighted by Gasteiger charge is -2.22. The predicted molar refractivity (Wildman–Crippen MR) is 78.7 cm³/mol. The van der Waals surface area contributed by atoms with Crippen molar-refractivity contribution in [2.24, 2.45) is 0 Å². The standard InChI is InChI=1S/C16H21N3O/c20-16(8-3-4-9-16)13-17-12-14-6-1-2-7-15(14)19-11-5-10-18-19/h1-2,5-7,10-11,17,20H,3-4,8-9,12-13H2. The summed E-state index contributed by atoms with van der Waals surface area (Å²) in [5.74, 6) is 0. The lowest BCUT2D eigenvalue weighted by atomic mass is 10.0. The molecule has 2 N–H and O–H groups in total. The molecule has 0 atom stereocenters. The van der Waals surface area contributed by atoms with Crippen LogP contribution in [0.15, 0.2) is 42.7 Å². The van der Waals surface area contributed by atoms with Gasteiger partial charge in [-0.1, -0.05) is 31.0 Å². The van der Waals surface area contributed by atoms with Crippen LogP contribution in [-0.4, -0.2) is 27.0 Å². The van der Waals surface area contributed by atoms with Gasteiger partial charge in [-0.2, -0.15) is 5.10 Å². The van der Waals surface area contributed by atoms with Gasteiger partial charge in [-0.05, 0) is 30.5 Å². The molecule has 1 fully saturated rings. The molecule has 0 unspecified atom stereocenters. The number of aliphatic hydroxyl groups is 1. The van der Waals surface area contributed by atoms with Crippen LogP contribution in [-0.2, 0) is 6.54 Å². The highest BCUT2D eigenvalue weighted by atomic mass is 16.3. The summed E-state index contributed by atoms with van der Waals surface area (Å²) < 4.78 is 1.88. The van der Waals surface area contributed by atoms with Gasteiger partial charge in [0.2, 0.25) is 0 Å². The van der Waals surface area contributed by atoms with Gasteiger partial charge in [0.1, 0.15) is 0 Å². The Hall–Kier alpha value is -1.65. The minimum absolute atomic E-state index is 0.499. The zero-order valence-electron chi connectivity index (χ0n) is 11.6. The normalized spacial score (nSPS) is 17.4. The summed E-state index contributed by atoms with van der Waals surface area (Å²) in [6, 6.07) is 10.1. The van der Waals surface area contributed by atoms with E-state index in [1.807, 2.05) is 29.1 Å². The minimum Gasteiger partial charge on any atom is -0.389 e. The fourth-order valence-electron chi connectivity index (χ4n) is 2.93. The molecule has 0 bridgehead atoms. The zero-order valence-corrected chi connectivity index (χ0v) is 11.6. The average molecular weight is 271 g/mol. The number of para-hydroxylation sites is 1. The Balaban J connectivity index is 1.66. The Morgan fingerprint density at radius 1 is 1.20 bits per heavy atom. The maximum absolute atomic E-state index is 10.3. The van der Waals surface area contributed by atoms with E-state index in [1.165, 1.54) is 5.56 Å². The fourth-order valence-corrected chi connectivity index (χ4v) is 2.93. The molecule has 20 heavy (non-hydrogen) atoms. The molecule has 4 nitrogen and oxygen atoms in total. The van der Waals surface area contributed by atoms with Crippen molar-refractivity contribution in [1.82, 2.24) is 15.1 Å². The van der Waals surface area contributed by atoms with E-state index in [2.05, 4.69) is 22.5 Å². The zero-order chi connectivity index (χ0) is 13.8. The van der Waals surface area contributed by atoms with E-state index >= 15 is 0 Å². The summed E-state index contributed by atoms with van der Waals surface area (Å²) in [6.45, 7) is 1.42. The van der Waals surface area contributed by atoms with Crippen LogP contribution in [0.5, 0.6) is 0 Å². The van der Waals surface area contributed by atoms with Crippen LogP contribution in [0.1, 0.15) is 31.2 Å². The lowest BCUT2D eigenvalue weighted by Crippen LogP contribution is -2.37. The largest absolute Gasteiger partial charge is 0.389 e. The van der Waals surface area contributed by atoms with E-state index in [4.69, 9.17) is 0 Å². The van der Waals surface area contributed by atoms with Crippen LogP contribution in [0.3, 0.4) is 0 Å². The number of benzene rings is 1. The van der Waals surface area contributed by atoms with Crippen LogP contribution in [0.25, 0.3) is 5.69 Å². The Morgan fingerprint density at radius 2 is 2.00 bits per heavy atom. The van der Waals surface area contributed by atoms with Crippen LogP contribution in [0, 0.1) is 0 Å². The lowest BCUT2D eigenvalue weighted by molar-refractivity contribution is 0.0475. The molecular weight excluding hydrogens is 250 g/mol. The third kappa shape index (κ3) is 2.92. The number of rotatable bonds is 5. The predicted octanol–water partition coefficient (Wildman–Crippen LogP) is 2.27. The van der Waals surface area contributed by atoms with Crippen molar-refractivity contribution < 1.29 is 5.11 Å². The Labute approximate surface area is 119 Å². The summed E-state index contributed by atoms with van der Waals surface area (Å²) in [7, 11) is 0. The molecule has 1 aliphatic carbocycles. The maximum Gasteiger partial charge on any atom is 0.0771 e. The Morgan fingerprint density at radius 3 is 2.75 bits per heavy atom. The molecule has 0 amide bonds. The number of nitrogens with one attached hydrogen (secondary N) is 1. The minimum atomic E-state index is -0.499. The van der Waals surface area contributed by atoms with Crippen LogP contribution >= 0.6 is 0 Å². The number of hydrogen-bond donors (Lipinski definition) is 2. The topological polar surface area (TPSA) is 50.1 Å². The highest BCUT2D eigenvalue weighted by Gasteiger charge is 2.30. The van der Waals surface area contributed by atoms with Crippen molar-refractivity contribution in [2.75, 3.05) is 6.54 Å². The van der Waals surface area contributed by atoms with Gasteiger partial charge in [-0.3, -0.25) is 0 Å². The van der Waals surface area contributed by atoms with Crippen molar-refractivity contribution >= 4 is 0 Å². The smallest absolute Gasteiger partial charge is 0.0771 e. The van der Waals surface area contributed by atoms with Gasteiger partial charge in [0.15, 0.2) is 0 Å². The van der Waals surface area contributed by atoms with Crippen molar-refractivity contribution in [3.05, 3.63) is 48.3 Å². The van der Waals surface area contributed by atoms with E-state index in [9.17, 15) is 5.11 Å². The van der Waals surface area contributed by atoms with E-state index in [0.29, 0.717) is 6.54 Å². The van der Waals surface area contributed by atoms with E-state index in [1.54, 1.807) is 6.20 Å². The maximum atomic E-state index is 10.3. The molecule has 4 heteroatoms. The van der Waals surface area contributed by atoms with Gasteiger partial charge in [-0.15, -0.1) is 0 Å². The molecule has 2 aromatic rings. The summed E-state index contributed by atoms with van der Waals surface area (Å²) in [6.07, 6.45) is 7.85. The number of nitrogens with zero attached hydrogens (tertiary/aromatic N) is 2. The number of aromatic nitrogens is 2. The quantitative estimate of drug-likeness (QED) is 0.877. The Bertz CT molecular complexity index is 545. The summed E-state index contributed by atoms with van der Waals surface area (Å²) in [5.41, 5.74) is 1.78. The SMILES string of the molecule is OC1(CNCc2ccccc2-n2cccn2)CCCC1. The van der Waals surface area contributed by atoms with Gasteiger partial charge in [-0.25, -0.2) is 4.68 Å². The Kier molecular flexibility index (Phi) is 3.85. The first-order chi connectivity index (χ1) is 9.77. The highest BCUT2D eigenvalue weighted by Crippen LogP contribution is 2.28. The average Bonchev–Trinajstić information content (AvgIpc) is 3.11. The molecule has 1 aromatic heterocycles. The van der Waals surface area contributed by atoms with Crippen LogP contribution in [0.4, 0.5) is 0 Å². The van der Waals surface area contributed by atoms with E-state index in [-0.39, 0.29) is 0 Å². The van der Waals surface area contributed by atoms with Gasteiger partial charge < -0.3 is 10.4 Å².